The summed E-state index contributed by atoms with van der Waals surface area (Å²) >= 11 is 0. The molecule has 1 rings (SSSR count). The summed E-state index contributed by atoms with van der Waals surface area (Å²) in [7, 11) is 1.33. The fourth-order valence-electron chi connectivity index (χ4n) is 1.64. The van der Waals surface area contributed by atoms with Gasteiger partial charge in [-0.05, 0) is 12.0 Å². The molecule has 0 saturated carbocycles. The molecule has 0 spiro atoms. The highest BCUT2D eigenvalue weighted by Crippen LogP contribution is 2.13. The Bertz CT molecular complexity index is 394. The molecule has 0 aromatic carbocycles. The fraction of sp³-hybridized carbons (Fsp3) is 0.429. The molecule has 18 heavy (non-hydrogen) atoms. The number of nitrogens with one attached hydrogen (secondary N) is 1. The summed E-state index contributed by atoms with van der Waals surface area (Å²) in [6, 6.07) is -0.614. The molecule has 1 aliphatic carbocycles. The molecule has 0 aromatic heterocycles. The van der Waals surface area contributed by atoms with E-state index >= 15 is 0 Å². The molecule has 1 N–H and O–H groups in total. The van der Waals surface area contributed by atoms with Crippen LogP contribution in [0.15, 0.2) is 36.0 Å². The Morgan fingerprint density at radius 1 is 1.44 bits per heavy atom. The van der Waals surface area contributed by atoms with E-state index in [1.54, 1.807) is 6.92 Å². The Hall–Kier alpha value is -1.84. The van der Waals surface area contributed by atoms with Crippen LogP contribution in [0.4, 0.5) is 0 Å². The number of allylic oxidation sites excluding steroid dienone is 5. The lowest BCUT2D eigenvalue weighted by Gasteiger charge is -2.16. The van der Waals surface area contributed by atoms with Gasteiger partial charge in [-0.1, -0.05) is 37.3 Å². The summed E-state index contributed by atoms with van der Waals surface area (Å²) < 4.78 is 4.71. The second-order valence-corrected chi connectivity index (χ2v) is 4.00. The summed E-state index contributed by atoms with van der Waals surface area (Å²) in [6.45, 7) is 1.75. The van der Waals surface area contributed by atoms with E-state index in [1.165, 1.54) is 7.11 Å². The first-order valence-corrected chi connectivity index (χ1v) is 6.06. The topological polar surface area (TPSA) is 55.4 Å². The first-order chi connectivity index (χ1) is 8.67. The zero-order valence-electron chi connectivity index (χ0n) is 10.8. The van der Waals surface area contributed by atoms with Gasteiger partial charge in [0.1, 0.15) is 6.04 Å². The Morgan fingerprint density at radius 3 is 2.89 bits per heavy atom. The molecule has 0 saturated heterocycles. The normalized spacial score (nSPS) is 15.6. The third-order valence-electron chi connectivity index (χ3n) is 2.66. The molecule has 0 aliphatic heterocycles. The third-order valence-corrected chi connectivity index (χ3v) is 2.66. The highest BCUT2D eigenvalue weighted by atomic mass is 16.5. The summed E-state index contributed by atoms with van der Waals surface area (Å²) in [5.74, 6) is -0.565. The summed E-state index contributed by atoms with van der Waals surface area (Å²) in [4.78, 5) is 23.0. The van der Waals surface area contributed by atoms with E-state index in [9.17, 15) is 9.59 Å². The van der Waals surface area contributed by atoms with Crippen LogP contribution in [0.2, 0.25) is 0 Å². The smallest absolute Gasteiger partial charge is 0.328 e. The van der Waals surface area contributed by atoms with Crippen molar-refractivity contribution in [2.24, 2.45) is 0 Å². The molecule has 0 heterocycles. The monoisotopic (exact) mass is 249 g/mol. The van der Waals surface area contributed by atoms with Crippen LogP contribution in [0.3, 0.4) is 0 Å². The van der Waals surface area contributed by atoms with Gasteiger partial charge in [0.2, 0.25) is 5.91 Å². The van der Waals surface area contributed by atoms with Crippen LogP contribution >= 0.6 is 0 Å². The molecule has 98 valence electrons. The van der Waals surface area contributed by atoms with E-state index in [4.69, 9.17) is 4.74 Å². The summed E-state index contributed by atoms with van der Waals surface area (Å²) in [5, 5.41) is 2.68. The standard InChI is InChI=1S/C14H19NO3/c1-3-13(16)15-12(14(17)18-2)10-11-8-6-4-5-7-9-11/h4-6,8-9,12H,3,7,10H2,1-2H3,(H,15,16). The maximum Gasteiger partial charge on any atom is 0.328 e. The van der Waals surface area contributed by atoms with Crippen LogP contribution in [-0.2, 0) is 14.3 Å². The Kier molecular flexibility index (Phi) is 5.91. The van der Waals surface area contributed by atoms with Crippen molar-refractivity contribution in [1.82, 2.24) is 5.32 Å². The number of hydrogen-bond acceptors (Lipinski definition) is 3. The van der Waals surface area contributed by atoms with E-state index in [0.717, 1.165) is 12.0 Å². The SMILES string of the molecule is CCC(=O)NC(CC1=CCC=CC=C1)C(=O)OC. The minimum absolute atomic E-state index is 0.151. The largest absolute Gasteiger partial charge is 0.467 e. The maximum atomic E-state index is 11.6. The van der Waals surface area contributed by atoms with Crippen molar-refractivity contribution >= 4 is 11.9 Å². The Morgan fingerprint density at radius 2 is 2.22 bits per heavy atom. The molecule has 4 nitrogen and oxygen atoms in total. The minimum Gasteiger partial charge on any atom is -0.467 e. The number of amides is 1. The van der Waals surface area contributed by atoms with Gasteiger partial charge >= 0.3 is 5.97 Å². The van der Waals surface area contributed by atoms with E-state index in [2.05, 4.69) is 5.32 Å². The lowest BCUT2D eigenvalue weighted by atomic mass is 10.0. The molecular formula is C14H19NO3. The number of methoxy groups -OCH3 is 1. The van der Waals surface area contributed by atoms with E-state index in [-0.39, 0.29) is 5.91 Å². The highest BCUT2D eigenvalue weighted by molar-refractivity contribution is 5.84. The average molecular weight is 249 g/mol. The zero-order chi connectivity index (χ0) is 13.4. The lowest BCUT2D eigenvalue weighted by molar-refractivity contribution is -0.145. The summed E-state index contributed by atoms with van der Waals surface area (Å²) in [5.41, 5.74) is 1.02. The van der Waals surface area contributed by atoms with Crippen molar-refractivity contribution in [2.75, 3.05) is 7.11 Å². The van der Waals surface area contributed by atoms with Crippen LogP contribution in [0, 0.1) is 0 Å². The molecule has 0 aromatic rings. The molecule has 1 aliphatic rings. The number of carbonyl (C=O) groups is 2. The van der Waals surface area contributed by atoms with Gasteiger partial charge in [0.05, 0.1) is 7.11 Å². The molecule has 4 heteroatoms. The second-order valence-electron chi connectivity index (χ2n) is 4.00. The maximum absolute atomic E-state index is 11.6. The number of carbonyl (C=O) groups excluding carboxylic acids is 2. The highest BCUT2D eigenvalue weighted by Gasteiger charge is 2.21. The van der Waals surface area contributed by atoms with E-state index in [1.807, 2.05) is 30.4 Å². The van der Waals surface area contributed by atoms with Crippen molar-refractivity contribution < 1.29 is 14.3 Å². The van der Waals surface area contributed by atoms with Crippen LogP contribution in [0.5, 0.6) is 0 Å². The van der Waals surface area contributed by atoms with Gasteiger partial charge in [0.15, 0.2) is 0 Å². The van der Waals surface area contributed by atoms with E-state index in [0.29, 0.717) is 12.8 Å². The Balaban J connectivity index is 2.69. The van der Waals surface area contributed by atoms with Crippen LogP contribution in [0.1, 0.15) is 26.2 Å². The molecule has 1 amide bonds. The van der Waals surface area contributed by atoms with Gasteiger partial charge in [0, 0.05) is 12.8 Å². The first-order valence-electron chi connectivity index (χ1n) is 6.06. The van der Waals surface area contributed by atoms with E-state index < -0.39 is 12.0 Å². The van der Waals surface area contributed by atoms with Crippen molar-refractivity contribution in [1.29, 1.82) is 0 Å². The van der Waals surface area contributed by atoms with Gasteiger partial charge in [-0.3, -0.25) is 4.79 Å². The minimum atomic E-state index is -0.614. The number of hydrogen-bond donors (Lipinski definition) is 1. The van der Waals surface area contributed by atoms with Gasteiger partial charge < -0.3 is 10.1 Å². The van der Waals surface area contributed by atoms with Crippen LogP contribution in [0.25, 0.3) is 0 Å². The Labute approximate surface area is 107 Å². The van der Waals surface area contributed by atoms with Gasteiger partial charge in [0.25, 0.3) is 0 Å². The first kappa shape index (κ1) is 14.2. The molecule has 1 atom stereocenters. The number of esters is 1. The lowest BCUT2D eigenvalue weighted by Crippen LogP contribution is -2.41. The number of rotatable bonds is 5. The molecule has 0 bridgehead atoms. The van der Waals surface area contributed by atoms with Gasteiger partial charge in [-0.15, -0.1) is 0 Å². The zero-order valence-corrected chi connectivity index (χ0v) is 10.8. The van der Waals surface area contributed by atoms with Crippen molar-refractivity contribution in [3.05, 3.63) is 36.0 Å². The van der Waals surface area contributed by atoms with Crippen molar-refractivity contribution in [3.8, 4) is 0 Å². The quantitative estimate of drug-likeness (QED) is 0.757. The van der Waals surface area contributed by atoms with Crippen LogP contribution < -0.4 is 5.32 Å². The molecule has 0 fully saturated rings. The predicted molar refractivity (Wildman–Crippen MR) is 69.8 cm³/mol. The molecule has 1 unspecified atom stereocenters. The van der Waals surface area contributed by atoms with Crippen molar-refractivity contribution in [2.45, 2.75) is 32.2 Å². The van der Waals surface area contributed by atoms with Crippen LogP contribution in [-0.4, -0.2) is 25.0 Å². The predicted octanol–water partition coefficient (Wildman–Crippen LogP) is 1.89. The molecular weight excluding hydrogens is 230 g/mol. The third kappa shape index (κ3) is 4.57. The number of ether oxygens (including phenoxy) is 1. The molecule has 0 radical (unpaired) electrons. The van der Waals surface area contributed by atoms with Crippen molar-refractivity contribution in [3.63, 3.8) is 0 Å². The fourth-order valence-corrected chi connectivity index (χ4v) is 1.64. The second kappa shape index (κ2) is 7.48. The van der Waals surface area contributed by atoms with Gasteiger partial charge in [-0.25, -0.2) is 4.79 Å². The van der Waals surface area contributed by atoms with Gasteiger partial charge in [-0.2, -0.15) is 0 Å². The summed E-state index contributed by atoms with van der Waals surface area (Å²) in [6.07, 6.45) is 11.5. The average Bonchev–Trinajstić information content (AvgIpc) is 2.65.